The number of halogens is 2. The third-order valence-electron chi connectivity index (χ3n) is 3.70. The SMILES string of the molecule is Oc1cccc(-c2nc3c(Nc4ccc(F)c(Cl)c4)nccc3[nH]2)c1. The molecule has 0 amide bonds. The molecular weight excluding hydrogens is 343 g/mol. The average molecular weight is 355 g/mol. The number of aromatic nitrogens is 3. The minimum Gasteiger partial charge on any atom is -0.508 e. The highest BCUT2D eigenvalue weighted by atomic mass is 35.5. The van der Waals surface area contributed by atoms with Crippen molar-refractivity contribution in [2.75, 3.05) is 5.32 Å². The number of aromatic hydroxyl groups is 1. The van der Waals surface area contributed by atoms with Crippen LogP contribution in [0.4, 0.5) is 15.9 Å². The molecule has 124 valence electrons. The van der Waals surface area contributed by atoms with Crippen molar-refractivity contribution in [2.24, 2.45) is 0 Å². The van der Waals surface area contributed by atoms with Gasteiger partial charge in [-0.25, -0.2) is 14.4 Å². The lowest BCUT2D eigenvalue weighted by Crippen LogP contribution is -1.95. The van der Waals surface area contributed by atoms with E-state index >= 15 is 0 Å². The Labute approximate surface area is 147 Å². The number of anilines is 2. The molecule has 2 aromatic carbocycles. The Kier molecular flexibility index (Phi) is 3.74. The highest BCUT2D eigenvalue weighted by Crippen LogP contribution is 2.28. The number of aromatic amines is 1. The van der Waals surface area contributed by atoms with Gasteiger partial charge in [-0.1, -0.05) is 23.7 Å². The molecule has 0 atom stereocenters. The molecule has 0 spiro atoms. The van der Waals surface area contributed by atoms with Crippen molar-refractivity contribution in [3.8, 4) is 17.1 Å². The fourth-order valence-corrected chi connectivity index (χ4v) is 2.71. The molecule has 0 unspecified atom stereocenters. The molecule has 0 radical (unpaired) electrons. The average Bonchev–Trinajstić information content (AvgIpc) is 3.04. The van der Waals surface area contributed by atoms with Crippen molar-refractivity contribution in [3.05, 3.63) is 65.6 Å². The third kappa shape index (κ3) is 2.99. The molecule has 0 saturated heterocycles. The van der Waals surface area contributed by atoms with Crippen molar-refractivity contribution < 1.29 is 9.50 Å². The second kappa shape index (κ2) is 6.07. The standard InChI is InChI=1S/C18H12ClFN4O/c19-13-9-11(4-5-14(13)20)22-18-16-15(6-7-21-18)23-17(24-16)10-2-1-3-12(25)8-10/h1-9,25H,(H,21,22)(H,23,24). The van der Waals surface area contributed by atoms with Gasteiger partial charge < -0.3 is 15.4 Å². The van der Waals surface area contributed by atoms with E-state index in [1.165, 1.54) is 12.1 Å². The molecule has 0 saturated carbocycles. The van der Waals surface area contributed by atoms with Crippen LogP contribution in [0.15, 0.2) is 54.7 Å². The van der Waals surface area contributed by atoms with Gasteiger partial charge in [0.05, 0.1) is 10.5 Å². The van der Waals surface area contributed by atoms with Gasteiger partial charge >= 0.3 is 0 Å². The molecule has 5 nitrogen and oxygen atoms in total. The van der Waals surface area contributed by atoms with Crippen molar-refractivity contribution in [1.82, 2.24) is 15.0 Å². The second-order valence-electron chi connectivity index (χ2n) is 5.45. The quantitative estimate of drug-likeness (QED) is 0.491. The van der Waals surface area contributed by atoms with Gasteiger partial charge in [0.1, 0.15) is 22.9 Å². The lowest BCUT2D eigenvalue weighted by molar-refractivity contribution is 0.475. The number of H-pyrrole nitrogens is 1. The molecule has 2 heterocycles. The van der Waals surface area contributed by atoms with Crippen LogP contribution >= 0.6 is 11.6 Å². The number of pyridine rings is 1. The van der Waals surface area contributed by atoms with Crippen LogP contribution in [0.1, 0.15) is 0 Å². The minimum absolute atomic E-state index is 0.0275. The maximum Gasteiger partial charge on any atom is 0.158 e. The summed E-state index contributed by atoms with van der Waals surface area (Å²) in [6, 6.07) is 13.0. The highest BCUT2D eigenvalue weighted by molar-refractivity contribution is 6.31. The zero-order chi connectivity index (χ0) is 17.4. The first-order chi connectivity index (χ1) is 12.1. The third-order valence-corrected chi connectivity index (χ3v) is 3.99. The molecule has 0 aliphatic heterocycles. The molecule has 0 aliphatic carbocycles. The summed E-state index contributed by atoms with van der Waals surface area (Å²) in [5.74, 6) is 0.807. The topological polar surface area (TPSA) is 73.8 Å². The number of imidazole rings is 1. The molecule has 0 bridgehead atoms. The van der Waals surface area contributed by atoms with Crippen molar-refractivity contribution in [2.45, 2.75) is 0 Å². The van der Waals surface area contributed by atoms with Crippen molar-refractivity contribution in [1.29, 1.82) is 0 Å². The van der Waals surface area contributed by atoms with Gasteiger partial charge in [0.15, 0.2) is 5.82 Å². The van der Waals surface area contributed by atoms with Crippen LogP contribution in [0.25, 0.3) is 22.4 Å². The summed E-state index contributed by atoms with van der Waals surface area (Å²) in [7, 11) is 0. The van der Waals surface area contributed by atoms with Crippen LogP contribution in [0.2, 0.25) is 5.02 Å². The van der Waals surface area contributed by atoms with Crippen molar-refractivity contribution in [3.63, 3.8) is 0 Å². The van der Waals surface area contributed by atoms with Gasteiger partial charge in [0.25, 0.3) is 0 Å². The summed E-state index contributed by atoms with van der Waals surface area (Å²) in [5.41, 5.74) is 2.77. The smallest absolute Gasteiger partial charge is 0.158 e. The summed E-state index contributed by atoms with van der Waals surface area (Å²) in [4.78, 5) is 12.1. The highest BCUT2D eigenvalue weighted by Gasteiger charge is 2.11. The van der Waals surface area contributed by atoms with Crippen LogP contribution in [0.3, 0.4) is 0 Å². The van der Waals surface area contributed by atoms with Crippen LogP contribution in [-0.4, -0.2) is 20.1 Å². The van der Waals surface area contributed by atoms with Crippen LogP contribution < -0.4 is 5.32 Å². The maximum atomic E-state index is 13.3. The van der Waals surface area contributed by atoms with E-state index in [2.05, 4.69) is 20.3 Å². The molecule has 3 N–H and O–H groups in total. The second-order valence-corrected chi connectivity index (χ2v) is 5.85. The van der Waals surface area contributed by atoms with Crippen LogP contribution in [0.5, 0.6) is 5.75 Å². The Morgan fingerprint density at radius 1 is 1.12 bits per heavy atom. The van der Waals surface area contributed by atoms with Crippen LogP contribution in [-0.2, 0) is 0 Å². The number of hydrogen-bond donors (Lipinski definition) is 3. The van der Waals surface area contributed by atoms with E-state index in [1.54, 1.807) is 36.5 Å². The number of nitrogens with zero attached hydrogens (tertiary/aromatic N) is 2. The number of phenolic OH excluding ortho intramolecular Hbond substituents is 1. The fourth-order valence-electron chi connectivity index (χ4n) is 2.53. The van der Waals surface area contributed by atoms with E-state index < -0.39 is 5.82 Å². The van der Waals surface area contributed by atoms with E-state index in [0.29, 0.717) is 22.8 Å². The Bertz CT molecular complexity index is 1080. The van der Waals surface area contributed by atoms with Crippen molar-refractivity contribution >= 4 is 34.1 Å². The van der Waals surface area contributed by atoms with E-state index in [0.717, 1.165) is 11.1 Å². The maximum absolute atomic E-state index is 13.3. The summed E-state index contributed by atoms with van der Waals surface area (Å²) in [6.07, 6.45) is 1.64. The lowest BCUT2D eigenvalue weighted by Gasteiger charge is -2.06. The Morgan fingerprint density at radius 2 is 2.00 bits per heavy atom. The van der Waals surface area contributed by atoms with Gasteiger partial charge in [-0.05, 0) is 36.4 Å². The van der Waals surface area contributed by atoms with Gasteiger partial charge in [-0.3, -0.25) is 0 Å². The van der Waals surface area contributed by atoms with E-state index in [4.69, 9.17) is 11.6 Å². The van der Waals surface area contributed by atoms with Gasteiger partial charge in [0, 0.05) is 17.4 Å². The van der Waals surface area contributed by atoms with Gasteiger partial charge in [-0.15, -0.1) is 0 Å². The first-order valence-electron chi connectivity index (χ1n) is 7.46. The largest absolute Gasteiger partial charge is 0.508 e. The molecule has 4 aromatic rings. The Balaban J connectivity index is 1.76. The number of fused-ring (bicyclic) bond motifs is 1. The number of phenols is 1. The minimum atomic E-state index is -0.482. The number of benzene rings is 2. The number of rotatable bonds is 3. The summed E-state index contributed by atoms with van der Waals surface area (Å²) >= 11 is 5.82. The Hall–Kier alpha value is -3.12. The molecule has 0 aliphatic rings. The Morgan fingerprint density at radius 3 is 2.80 bits per heavy atom. The predicted octanol–water partition coefficient (Wildman–Crippen LogP) is 4.87. The summed E-state index contributed by atoms with van der Waals surface area (Å²) < 4.78 is 13.3. The molecule has 2 aromatic heterocycles. The molecule has 7 heteroatoms. The lowest BCUT2D eigenvalue weighted by atomic mass is 10.2. The zero-order valence-corrected chi connectivity index (χ0v) is 13.5. The zero-order valence-electron chi connectivity index (χ0n) is 12.8. The molecule has 0 fully saturated rings. The number of nitrogens with one attached hydrogen (secondary N) is 2. The molecule has 25 heavy (non-hydrogen) atoms. The van der Waals surface area contributed by atoms with E-state index in [9.17, 15) is 9.50 Å². The summed E-state index contributed by atoms with van der Waals surface area (Å²) in [6.45, 7) is 0. The number of hydrogen-bond acceptors (Lipinski definition) is 4. The monoisotopic (exact) mass is 354 g/mol. The van der Waals surface area contributed by atoms with E-state index in [1.807, 2.05) is 6.07 Å². The van der Waals surface area contributed by atoms with Gasteiger partial charge in [0.2, 0.25) is 0 Å². The first-order valence-corrected chi connectivity index (χ1v) is 7.84. The van der Waals surface area contributed by atoms with Crippen LogP contribution in [0, 0.1) is 5.82 Å². The molecular formula is C18H12ClFN4O. The summed E-state index contributed by atoms with van der Waals surface area (Å²) in [5, 5.41) is 12.8. The van der Waals surface area contributed by atoms with E-state index in [-0.39, 0.29) is 10.8 Å². The molecule has 4 rings (SSSR count). The predicted molar refractivity (Wildman–Crippen MR) is 95.7 cm³/mol. The normalized spacial score (nSPS) is 11.0. The van der Waals surface area contributed by atoms with Gasteiger partial charge in [-0.2, -0.15) is 0 Å². The fraction of sp³-hybridized carbons (Fsp3) is 0. The first kappa shape index (κ1) is 15.4.